The number of piperazine rings is 1. The average Bonchev–Trinajstić information content (AvgIpc) is 2.53. The van der Waals surface area contributed by atoms with Crippen LogP contribution < -0.4 is 16.0 Å². The molecule has 3 N–H and O–H groups in total. The first-order chi connectivity index (χ1) is 11.2. The zero-order valence-electron chi connectivity index (χ0n) is 13.1. The molecule has 0 aromatic heterocycles. The van der Waals surface area contributed by atoms with E-state index in [4.69, 9.17) is 5.73 Å². The minimum absolute atomic E-state index is 0.482. The second-order valence-electron chi connectivity index (χ2n) is 5.60. The Hall–Kier alpha value is -2.29. The summed E-state index contributed by atoms with van der Waals surface area (Å²) in [5.74, 6) is -0.491. The number of hydrogen-bond acceptors (Lipinski definition) is 4. The van der Waals surface area contributed by atoms with Gasteiger partial charge in [-0.3, -0.25) is 15.0 Å². The monoisotopic (exact) mass is 344 g/mol. The Kier molecular flexibility index (Phi) is 5.33. The van der Waals surface area contributed by atoms with Gasteiger partial charge in [0.05, 0.1) is 11.6 Å². The number of imide groups is 1. The fourth-order valence-corrected chi connectivity index (χ4v) is 2.64. The van der Waals surface area contributed by atoms with Crippen LogP contribution in [0.4, 0.5) is 23.7 Å². The molecule has 0 saturated carbocycles. The van der Waals surface area contributed by atoms with Gasteiger partial charge in [-0.15, -0.1) is 0 Å². The van der Waals surface area contributed by atoms with Crippen molar-refractivity contribution >= 4 is 17.6 Å². The lowest BCUT2D eigenvalue weighted by Gasteiger charge is -2.38. The van der Waals surface area contributed by atoms with E-state index in [1.807, 2.05) is 15.1 Å². The Morgan fingerprint density at radius 2 is 1.83 bits per heavy atom. The van der Waals surface area contributed by atoms with Crippen molar-refractivity contribution in [3.05, 3.63) is 29.8 Å². The molecule has 0 bridgehead atoms. The van der Waals surface area contributed by atoms with Gasteiger partial charge >= 0.3 is 12.2 Å². The molecule has 132 valence electrons. The van der Waals surface area contributed by atoms with Gasteiger partial charge in [0, 0.05) is 31.9 Å². The Labute approximate surface area is 137 Å². The van der Waals surface area contributed by atoms with Gasteiger partial charge in [0.2, 0.25) is 5.91 Å². The summed E-state index contributed by atoms with van der Waals surface area (Å²) in [7, 11) is 0. The molecule has 0 unspecified atom stereocenters. The van der Waals surface area contributed by atoms with Crippen molar-refractivity contribution < 1.29 is 22.8 Å². The molecule has 2 rings (SSSR count). The highest BCUT2D eigenvalue weighted by atomic mass is 19.4. The number of nitrogens with two attached hydrogens (primary N) is 1. The normalized spacial score (nSPS) is 17.4. The van der Waals surface area contributed by atoms with E-state index < -0.39 is 29.7 Å². The molecule has 3 amide bonds. The summed E-state index contributed by atoms with van der Waals surface area (Å²) in [6.45, 7) is 3.59. The number of rotatable bonds is 3. The lowest BCUT2D eigenvalue weighted by atomic mass is 10.1. The van der Waals surface area contributed by atoms with Crippen molar-refractivity contribution in [2.45, 2.75) is 19.1 Å². The van der Waals surface area contributed by atoms with Gasteiger partial charge in [0.25, 0.3) is 0 Å². The number of alkyl halides is 3. The second kappa shape index (κ2) is 7.08. The molecule has 0 radical (unpaired) electrons. The largest absolute Gasteiger partial charge is 0.416 e. The van der Waals surface area contributed by atoms with Crippen molar-refractivity contribution in [3.8, 4) is 0 Å². The van der Waals surface area contributed by atoms with E-state index in [9.17, 15) is 22.8 Å². The van der Waals surface area contributed by atoms with Crippen molar-refractivity contribution in [1.29, 1.82) is 0 Å². The average molecular weight is 344 g/mol. The van der Waals surface area contributed by atoms with Crippen LogP contribution >= 0.6 is 0 Å². The van der Waals surface area contributed by atoms with Crippen LogP contribution in [-0.2, 0) is 11.0 Å². The molecule has 1 aromatic rings. The van der Waals surface area contributed by atoms with Crippen LogP contribution in [0.25, 0.3) is 0 Å². The highest BCUT2D eigenvalue weighted by Gasteiger charge is 2.31. The van der Waals surface area contributed by atoms with Crippen molar-refractivity contribution in [1.82, 2.24) is 10.2 Å². The molecule has 24 heavy (non-hydrogen) atoms. The lowest BCUT2D eigenvalue weighted by molar-refractivity contribution is -0.137. The zero-order valence-corrected chi connectivity index (χ0v) is 13.1. The van der Waals surface area contributed by atoms with E-state index in [1.54, 1.807) is 13.0 Å². The van der Waals surface area contributed by atoms with Gasteiger partial charge in [-0.25, -0.2) is 4.79 Å². The lowest BCUT2D eigenvalue weighted by Crippen LogP contribution is -2.55. The Bertz CT molecular complexity index is 613. The minimum Gasteiger partial charge on any atom is -0.369 e. The summed E-state index contributed by atoms with van der Waals surface area (Å²) in [6.07, 6.45) is -4.38. The number of hydrogen-bond donors (Lipinski definition) is 2. The molecule has 1 heterocycles. The fraction of sp³-hybridized carbons (Fsp3) is 0.467. The topological polar surface area (TPSA) is 78.7 Å². The quantitative estimate of drug-likeness (QED) is 0.869. The highest BCUT2D eigenvalue weighted by Crippen LogP contribution is 2.31. The maximum Gasteiger partial charge on any atom is 0.416 e. The van der Waals surface area contributed by atoms with Gasteiger partial charge in [-0.05, 0) is 25.1 Å². The maximum absolute atomic E-state index is 12.8. The molecule has 1 aliphatic rings. The van der Waals surface area contributed by atoms with Gasteiger partial charge in [-0.1, -0.05) is 6.07 Å². The SMILES string of the molecule is C[C@H](C(=O)NC(N)=O)N1CCN(c2cccc(C(F)(F)F)c2)CC1. The molecular weight excluding hydrogens is 325 g/mol. The highest BCUT2D eigenvalue weighted by molar-refractivity contribution is 5.96. The number of carbonyl (C=O) groups excluding carboxylic acids is 2. The van der Waals surface area contributed by atoms with Crippen LogP contribution in [0.3, 0.4) is 0 Å². The third-order valence-corrected chi connectivity index (χ3v) is 4.03. The van der Waals surface area contributed by atoms with E-state index in [1.165, 1.54) is 6.07 Å². The van der Waals surface area contributed by atoms with E-state index in [2.05, 4.69) is 0 Å². The molecule has 0 spiro atoms. The van der Waals surface area contributed by atoms with E-state index >= 15 is 0 Å². The third-order valence-electron chi connectivity index (χ3n) is 4.03. The van der Waals surface area contributed by atoms with Crippen LogP contribution in [0, 0.1) is 0 Å². The standard InChI is InChI=1S/C15H19F3N4O2/c1-10(13(23)20-14(19)24)21-5-7-22(8-6-21)12-4-2-3-11(9-12)15(16,17)18/h2-4,9-10H,5-8H2,1H3,(H3,19,20,23,24)/t10-/m1/s1. The van der Waals surface area contributed by atoms with Crippen LogP contribution in [0.15, 0.2) is 24.3 Å². The molecule has 1 fully saturated rings. The number of nitrogens with zero attached hydrogens (tertiary/aromatic N) is 2. The molecular formula is C15H19F3N4O2. The predicted molar refractivity (Wildman–Crippen MR) is 82.4 cm³/mol. The van der Waals surface area contributed by atoms with E-state index in [0.29, 0.717) is 31.9 Å². The van der Waals surface area contributed by atoms with Gasteiger partial charge in [0.15, 0.2) is 0 Å². The summed E-state index contributed by atoms with van der Waals surface area (Å²) in [4.78, 5) is 26.2. The molecule has 9 heteroatoms. The van der Waals surface area contributed by atoms with Crippen LogP contribution in [0.5, 0.6) is 0 Å². The minimum atomic E-state index is -4.38. The maximum atomic E-state index is 12.8. The number of benzene rings is 1. The van der Waals surface area contributed by atoms with E-state index in [-0.39, 0.29) is 0 Å². The third kappa shape index (κ3) is 4.38. The molecule has 6 nitrogen and oxygen atoms in total. The first-order valence-corrected chi connectivity index (χ1v) is 7.45. The Morgan fingerprint density at radius 1 is 1.21 bits per heavy atom. The van der Waals surface area contributed by atoms with Gasteiger partial charge in [-0.2, -0.15) is 13.2 Å². The second-order valence-corrected chi connectivity index (χ2v) is 5.60. The van der Waals surface area contributed by atoms with Crippen molar-refractivity contribution in [2.75, 3.05) is 31.1 Å². The first-order valence-electron chi connectivity index (χ1n) is 7.45. The van der Waals surface area contributed by atoms with Crippen molar-refractivity contribution in [2.24, 2.45) is 5.73 Å². The molecule has 1 saturated heterocycles. The van der Waals surface area contributed by atoms with Crippen LogP contribution in [-0.4, -0.2) is 49.1 Å². The Morgan fingerprint density at radius 3 is 2.38 bits per heavy atom. The first kappa shape index (κ1) is 18.1. The van der Waals surface area contributed by atoms with Gasteiger partial charge < -0.3 is 10.6 Å². The summed E-state index contributed by atoms with van der Waals surface area (Å²) >= 11 is 0. The number of amides is 3. The number of carbonyl (C=O) groups is 2. The summed E-state index contributed by atoms with van der Waals surface area (Å²) in [5, 5.41) is 2.03. The zero-order chi connectivity index (χ0) is 17.9. The summed E-state index contributed by atoms with van der Waals surface area (Å²) in [6, 6.07) is 3.73. The van der Waals surface area contributed by atoms with Crippen LogP contribution in [0.2, 0.25) is 0 Å². The summed E-state index contributed by atoms with van der Waals surface area (Å²) in [5.41, 5.74) is 4.73. The number of primary amides is 1. The number of urea groups is 1. The summed E-state index contributed by atoms with van der Waals surface area (Å²) < 4.78 is 38.4. The van der Waals surface area contributed by atoms with Crippen LogP contribution in [0.1, 0.15) is 12.5 Å². The molecule has 0 aliphatic carbocycles. The number of anilines is 1. The molecule has 1 aromatic carbocycles. The van der Waals surface area contributed by atoms with E-state index in [0.717, 1.165) is 12.1 Å². The number of nitrogens with one attached hydrogen (secondary N) is 1. The smallest absolute Gasteiger partial charge is 0.369 e. The molecule has 1 aliphatic heterocycles. The molecule has 1 atom stereocenters. The van der Waals surface area contributed by atoms with Crippen molar-refractivity contribution in [3.63, 3.8) is 0 Å². The Balaban J connectivity index is 1.98. The number of halogens is 3. The predicted octanol–water partition coefficient (Wildman–Crippen LogP) is 1.41. The fourth-order valence-electron chi connectivity index (χ4n) is 2.64. The van der Waals surface area contributed by atoms with Gasteiger partial charge in [0.1, 0.15) is 0 Å².